The number of benzene rings is 1. The van der Waals surface area contributed by atoms with E-state index in [2.05, 4.69) is 53.8 Å². The Hall–Kier alpha value is -1.19. The number of hydrogen-bond donors (Lipinski definition) is 1. The van der Waals surface area contributed by atoms with Crippen LogP contribution in [0, 0.1) is 6.92 Å². The number of aryl methyl sites for hydroxylation is 1. The van der Waals surface area contributed by atoms with E-state index in [1.54, 1.807) is 11.3 Å². The molecule has 1 atom stereocenters. The second-order valence-electron chi connectivity index (χ2n) is 4.22. The zero-order chi connectivity index (χ0) is 12.1. The summed E-state index contributed by atoms with van der Waals surface area (Å²) in [4.78, 5) is 4.41. The van der Waals surface area contributed by atoms with Crippen molar-refractivity contribution in [3.63, 3.8) is 0 Å². The maximum atomic E-state index is 4.41. The third kappa shape index (κ3) is 3.38. The van der Waals surface area contributed by atoms with E-state index in [1.807, 2.05) is 5.51 Å². The van der Waals surface area contributed by atoms with Gasteiger partial charge in [-0.1, -0.05) is 36.8 Å². The number of aromatic nitrogens is 1. The lowest BCUT2D eigenvalue weighted by Gasteiger charge is -2.16. The van der Waals surface area contributed by atoms with Gasteiger partial charge in [-0.25, -0.2) is 4.98 Å². The highest BCUT2D eigenvalue weighted by molar-refractivity contribution is 7.07. The smallest absolute Gasteiger partial charge is 0.0795 e. The highest BCUT2D eigenvalue weighted by Gasteiger charge is 2.12. The maximum Gasteiger partial charge on any atom is 0.0795 e. The lowest BCUT2D eigenvalue weighted by atomic mass is 10.0. The Balaban J connectivity index is 2.13. The molecule has 0 aliphatic heterocycles. The van der Waals surface area contributed by atoms with E-state index >= 15 is 0 Å². The molecule has 0 saturated heterocycles. The largest absolute Gasteiger partial charge is 0.309 e. The molecule has 1 aromatic carbocycles. The summed E-state index contributed by atoms with van der Waals surface area (Å²) in [5, 5.41) is 5.63. The molecule has 0 radical (unpaired) electrons. The molecule has 1 heterocycles. The van der Waals surface area contributed by atoms with Crippen molar-refractivity contribution in [3.8, 4) is 0 Å². The molecule has 2 nitrogen and oxygen atoms in total. The Morgan fingerprint density at radius 1 is 1.41 bits per heavy atom. The molecule has 0 saturated carbocycles. The van der Waals surface area contributed by atoms with Crippen LogP contribution in [0.1, 0.15) is 29.8 Å². The third-order valence-corrected chi connectivity index (χ3v) is 3.39. The number of rotatable bonds is 5. The Morgan fingerprint density at radius 3 is 2.94 bits per heavy atom. The van der Waals surface area contributed by atoms with E-state index in [0.29, 0.717) is 6.04 Å². The number of nitrogens with one attached hydrogen (secondary N) is 1. The molecule has 90 valence electrons. The normalized spacial score (nSPS) is 12.6. The van der Waals surface area contributed by atoms with E-state index in [4.69, 9.17) is 0 Å². The van der Waals surface area contributed by atoms with Gasteiger partial charge in [0.05, 0.1) is 17.2 Å². The highest BCUT2D eigenvalue weighted by Crippen LogP contribution is 2.18. The molecule has 0 bridgehead atoms. The van der Waals surface area contributed by atoms with Gasteiger partial charge in [-0.15, -0.1) is 11.3 Å². The van der Waals surface area contributed by atoms with Crippen LogP contribution in [-0.4, -0.2) is 11.5 Å². The predicted octanol–water partition coefficient (Wildman–Crippen LogP) is 3.34. The van der Waals surface area contributed by atoms with E-state index in [0.717, 1.165) is 18.7 Å². The zero-order valence-corrected chi connectivity index (χ0v) is 11.1. The predicted molar refractivity (Wildman–Crippen MR) is 73.4 cm³/mol. The van der Waals surface area contributed by atoms with Gasteiger partial charge in [-0.2, -0.15) is 0 Å². The first-order valence-corrected chi connectivity index (χ1v) is 6.91. The summed E-state index contributed by atoms with van der Waals surface area (Å²) in [6, 6.07) is 9.01. The zero-order valence-electron chi connectivity index (χ0n) is 10.3. The van der Waals surface area contributed by atoms with Crippen molar-refractivity contribution in [3.05, 3.63) is 52.0 Å². The van der Waals surface area contributed by atoms with E-state index in [9.17, 15) is 0 Å². The fourth-order valence-corrected chi connectivity index (χ4v) is 2.60. The van der Waals surface area contributed by atoms with Gasteiger partial charge in [0.15, 0.2) is 0 Å². The SMILES string of the molecule is CCNC(Cc1cccc(C)c1)c1cscn1. The maximum absolute atomic E-state index is 4.41. The summed E-state index contributed by atoms with van der Waals surface area (Å²) >= 11 is 1.66. The van der Waals surface area contributed by atoms with Crippen LogP contribution in [0.5, 0.6) is 0 Å². The van der Waals surface area contributed by atoms with Crippen LogP contribution in [0.2, 0.25) is 0 Å². The highest BCUT2D eigenvalue weighted by atomic mass is 32.1. The van der Waals surface area contributed by atoms with Gasteiger partial charge < -0.3 is 5.32 Å². The third-order valence-electron chi connectivity index (χ3n) is 2.78. The number of hydrogen-bond acceptors (Lipinski definition) is 3. The monoisotopic (exact) mass is 246 g/mol. The molecule has 0 spiro atoms. The minimum absolute atomic E-state index is 0.327. The van der Waals surface area contributed by atoms with Crippen molar-refractivity contribution in [1.29, 1.82) is 0 Å². The Kier molecular flexibility index (Phi) is 4.29. The van der Waals surface area contributed by atoms with Crippen molar-refractivity contribution in [2.45, 2.75) is 26.3 Å². The second-order valence-corrected chi connectivity index (χ2v) is 4.94. The van der Waals surface area contributed by atoms with Gasteiger partial charge >= 0.3 is 0 Å². The molecule has 1 N–H and O–H groups in total. The average Bonchev–Trinajstić information content (AvgIpc) is 2.82. The average molecular weight is 246 g/mol. The van der Waals surface area contributed by atoms with Gasteiger partial charge in [0.25, 0.3) is 0 Å². The van der Waals surface area contributed by atoms with E-state index < -0.39 is 0 Å². The molecule has 0 aliphatic carbocycles. The summed E-state index contributed by atoms with van der Waals surface area (Å²) in [7, 11) is 0. The number of likely N-dealkylation sites (N-methyl/N-ethyl adjacent to an activating group) is 1. The number of thiazole rings is 1. The van der Waals surface area contributed by atoms with Crippen LogP contribution in [0.25, 0.3) is 0 Å². The first-order valence-electron chi connectivity index (χ1n) is 5.96. The van der Waals surface area contributed by atoms with E-state index in [-0.39, 0.29) is 0 Å². The molecule has 3 heteroatoms. The molecule has 0 amide bonds. The van der Waals surface area contributed by atoms with Gasteiger partial charge in [0.1, 0.15) is 0 Å². The topological polar surface area (TPSA) is 24.9 Å². The Labute approximate surface area is 107 Å². The van der Waals surface area contributed by atoms with Crippen molar-refractivity contribution >= 4 is 11.3 Å². The lowest BCUT2D eigenvalue weighted by Crippen LogP contribution is -2.23. The number of nitrogens with zero attached hydrogens (tertiary/aromatic N) is 1. The van der Waals surface area contributed by atoms with Gasteiger partial charge in [-0.3, -0.25) is 0 Å². The van der Waals surface area contributed by atoms with Gasteiger partial charge in [0, 0.05) is 5.38 Å². The second kappa shape index (κ2) is 5.94. The van der Waals surface area contributed by atoms with Gasteiger partial charge in [0.2, 0.25) is 0 Å². The van der Waals surface area contributed by atoms with Crippen molar-refractivity contribution in [2.24, 2.45) is 0 Å². The van der Waals surface area contributed by atoms with Crippen molar-refractivity contribution in [1.82, 2.24) is 10.3 Å². The molecular formula is C14H18N2S. The first-order chi connectivity index (χ1) is 8.29. The van der Waals surface area contributed by atoms with Crippen LogP contribution in [0.15, 0.2) is 35.2 Å². The molecule has 0 aliphatic rings. The molecule has 2 aromatic rings. The fraction of sp³-hybridized carbons (Fsp3) is 0.357. The molecule has 2 rings (SSSR count). The molecular weight excluding hydrogens is 228 g/mol. The molecule has 1 unspecified atom stereocenters. The van der Waals surface area contributed by atoms with Crippen molar-refractivity contribution in [2.75, 3.05) is 6.54 Å². The summed E-state index contributed by atoms with van der Waals surface area (Å²) < 4.78 is 0. The summed E-state index contributed by atoms with van der Waals surface area (Å²) in [6.45, 7) is 5.23. The minimum atomic E-state index is 0.327. The lowest BCUT2D eigenvalue weighted by molar-refractivity contribution is 0.539. The molecule has 17 heavy (non-hydrogen) atoms. The van der Waals surface area contributed by atoms with Crippen LogP contribution in [0.3, 0.4) is 0 Å². The van der Waals surface area contributed by atoms with Crippen LogP contribution >= 0.6 is 11.3 Å². The van der Waals surface area contributed by atoms with Crippen molar-refractivity contribution < 1.29 is 0 Å². The summed E-state index contributed by atoms with van der Waals surface area (Å²) in [5.74, 6) is 0. The Bertz CT molecular complexity index is 451. The Morgan fingerprint density at radius 2 is 2.29 bits per heavy atom. The summed E-state index contributed by atoms with van der Waals surface area (Å²) in [5.41, 5.74) is 5.73. The van der Waals surface area contributed by atoms with Gasteiger partial charge in [-0.05, 0) is 25.5 Å². The van der Waals surface area contributed by atoms with Crippen LogP contribution < -0.4 is 5.32 Å². The molecule has 0 fully saturated rings. The molecule has 1 aromatic heterocycles. The first kappa shape index (κ1) is 12.3. The quantitative estimate of drug-likeness (QED) is 0.875. The van der Waals surface area contributed by atoms with Crippen LogP contribution in [0.4, 0.5) is 0 Å². The minimum Gasteiger partial charge on any atom is -0.309 e. The summed E-state index contributed by atoms with van der Waals surface area (Å²) in [6.07, 6.45) is 0.999. The van der Waals surface area contributed by atoms with E-state index in [1.165, 1.54) is 11.1 Å². The fourth-order valence-electron chi connectivity index (χ4n) is 2.00. The van der Waals surface area contributed by atoms with Crippen LogP contribution in [-0.2, 0) is 6.42 Å². The standard InChI is InChI=1S/C14H18N2S/c1-3-15-13(14-9-17-10-16-14)8-12-6-4-5-11(2)7-12/h4-7,9-10,13,15H,3,8H2,1-2H3.